The number of hydrogen-bond acceptors (Lipinski definition) is 4. The van der Waals surface area contributed by atoms with E-state index in [4.69, 9.17) is 4.74 Å². The monoisotopic (exact) mass is 359 g/mol. The Bertz CT molecular complexity index is 545. The van der Waals surface area contributed by atoms with Crippen molar-refractivity contribution < 1.29 is 9.53 Å². The van der Waals surface area contributed by atoms with E-state index in [1.165, 1.54) is 5.56 Å². The first-order chi connectivity index (χ1) is 12.7. The van der Waals surface area contributed by atoms with E-state index in [0.717, 1.165) is 65.0 Å². The number of likely N-dealkylation sites (N-methyl/N-ethyl adjacent to an activating group) is 1. The number of nitrogens with one attached hydrogen (secondary N) is 1. The van der Waals surface area contributed by atoms with Crippen LogP contribution in [0.2, 0.25) is 0 Å². The quantitative estimate of drug-likeness (QED) is 0.724. The zero-order valence-corrected chi connectivity index (χ0v) is 16.0. The molecule has 2 heterocycles. The molecule has 2 atom stereocenters. The Balaban J connectivity index is 1.37. The van der Waals surface area contributed by atoms with E-state index in [1.807, 2.05) is 0 Å². The first kappa shape index (κ1) is 19.3. The van der Waals surface area contributed by atoms with Crippen molar-refractivity contribution in [3.63, 3.8) is 0 Å². The van der Waals surface area contributed by atoms with E-state index >= 15 is 0 Å². The second kappa shape index (κ2) is 10.0. The lowest BCUT2D eigenvalue weighted by Gasteiger charge is -2.40. The molecule has 2 aliphatic heterocycles. The molecule has 1 aromatic rings. The van der Waals surface area contributed by atoms with Gasteiger partial charge in [0.05, 0.1) is 6.10 Å². The molecule has 5 heteroatoms. The van der Waals surface area contributed by atoms with Crippen LogP contribution in [0.3, 0.4) is 0 Å². The van der Waals surface area contributed by atoms with Crippen molar-refractivity contribution in [1.82, 2.24) is 15.1 Å². The molecule has 2 unspecified atom stereocenters. The highest BCUT2D eigenvalue weighted by atomic mass is 16.5. The molecule has 0 aromatic heterocycles. The standard InChI is InChI=1S/C21H33N3O2/c1-23-14-15-24(20(17-23)18-7-3-2-4-8-18)13-6-12-22-21(25)11-10-19-9-5-16-26-19/h2-4,7-8,19-20H,5-6,9-17H2,1H3,(H,22,25). The fourth-order valence-corrected chi connectivity index (χ4v) is 3.98. The molecule has 26 heavy (non-hydrogen) atoms. The Morgan fingerprint density at radius 1 is 1.27 bits per heavy atom. The van der Waals surface area contributed by atoms with E-state index in [2.05, 4.69) is 52.5 Å². The van der Waals surface area contributed by atoms with Crippen molar-refractivity contribution >= 4 is 5.91 Å². The molecule has 0 bridgehead atoms. The van der Waals surface area contributed by atoms with E-state index in [1.54, 1.807) is 0 Å². The van der Waals surface area contributed by atoms with Crippen molar-refractivity contribution in [2.24, 2.45) is 0 Å². The number of rotatable bonds is 8. The van der Waals surface area contributed by atoms with Crippen LogP contribution in [0.4, 0.5) is 0 Å². The van der Waals surface area contributed by atoms with Crippen molar-refractivity contribution in [2.75, 3.05) is 46.4 Å². The third-order valence-electron chi connectivity index (χ3n) is 5.54. The zero-order valence-electron chi connectivity index (χ0n) is 16.0. The van der Waals surface area contributed by atoms with E-state index < -0.39 is 0 Å². The average molecular weight is 360 g/mol. The van der Waals surface area contributed by atoms with Crippen LogP contribution in [0.1, 0.15) is 43.7 Å². The van der Waals surface area contributed by atoms with Gasteiger partial charge in [0, 0.05) is 51.8 Å². The largest absolute Gasteiger partial charge is 0.378 e. The van der Waals surface area contributed by atoms with Crippen LogP contribution in [0.15, 0.2) is 30.3 Å². The smallest absolute Gasteiger partial charge is 0.220 e. The summed E-state index contributed by atoms with van der Waals surface area (Å²) in [7, 11) is 2.20. The summed E-state index contributed by atoms with van der Waals surface area (Å²) >= 11 is 0. The molecule has 1 N–H and O–H groups in total. The maximum atomic E-state index is 12.0. The van der Waals surface area contributed by atoms with Gasteiger partial charge in [0.25, 0.3) is 0 Å². The summed E-state index contributed by atoms with van der Waals surface area (Å²) in [6, 6.07) is 11.2. The number of piperazine rings is 1. The van der Waals surface area contributed by atoms with E-state index in [-0.39, 0.29) is 5.91 Å². The van der Waals surface area contributed by atoms with Crippen LogP contribution in [0.5, 0.6) is 0 Å². The summed E-state index contributed by atoms with van der Waals surface area (Å²) in [5, 5.41) is 3.08. The summed E-state index contributed by atoms with van der Waals surface area (Å²) in [5.41, 5.74) is 1.39. The highest BCUT2D eigenvalue weighted by Crippen LogP contribution is 2.24. The predicted molar refractivity (Wildman–Crippen MR) is 104 cm³/mol. The van der Waals surface area contributed by atoms with Gasteiger partial charge in [0.2, 0.25) is 5.91 Å². The van der Waals surface area contributed by atoms with Gasteiger partial charge in [-0.25, -0.2) is 0 Å². The summed E-state index contributed by atoms with van der Waals surface area (Å²) in [6.07, 6.45) is 5.00. The van der Waals surface area contributed by atoms with Gasteiger partial charge < -0.3 is 15.0 Å². The molecular weight excluding hydrogens is 326 g/mol. The Morgan fingerprint density at radius 3 is 2.88 bits per heavy atom. The fourth-order valence-electron chi connectivity index (χ4n) is 3.98. The molecule has 1 aromatic carbocycles. The first-order valence-corrected chi connectivity index (χ1v) is 10.1. The lowest BCUT2D eigenvalue weighted by atomic mass is 10.0. The minimum absolute atomic E-state index is 0.165. The van der Waals surface area contributed by atoms with Crippen LogP contribution in [-0.4, -0.2) is 68.2 Å². The minimum atomic E-state index is 0.165. The molecule has 144 valence electrons. The number of ether oxygens (including phenoxy) is 1. The Kier molecular flexibility index (Phi) is 7.47. The SMILES string of the molecule is CN1CCN(CCCNC(=O)CCC2CCCO2)C(c2ccccc2)C1. The molecule has 5 nitrogen and oxygen atoms in total. The highest BCUT2D eigenvalue weighted by Gasteiger charge is 2.26. The van der Waals surface area contributed by atoms with Crippen LogP contribution < -0.4 is 5.32 Å². The topological polar surface area (TPSA) is 44.8 Å². The van der Waals surface area contributed by atoms with Gasteiger partial charge >= 0.3 is 0 Å². The molecule has 2 fully saturated rings. The maximum Gasteiger partial charge on any atom is 0.220 e. The molecule has 3 rings (SSSR count). The Labute approximate surface area is 157 Å². The molecule has 1 amide bonds. The number of amides is 1. The number of nitrogens with zero attached hydrogens (tertiary/aromatic N) is 2. The van der Waals surface area contributed by atoms with Gasteiger partial charge in [-0.2, -0.15) is 0 Å². The summed E-state index contributed by atoms with van der Waals surface area (Å²) in [4.78, 5) is 17.0. The van der Waals surface area contributed by atoms with Crippen molar-refractivity contribution in [3.8, 4) is 0 Å². The normalized spacial score (nSPS) is 24.7. The number of hydrogen-bond donors (Lipinski definition) is 1. The Hall–Kier alpha value is -1.43. The molecule has 0 saturated carbocycles. The molecule has 0 aliphatic carbocycles. The summed E-state index contributed by atoms with van der Waals surface area (Å²) in [5.74, 6) is 0.165. The molecule has 0 spiro atoms. The van der Waals surface area contributed by atoms with Crippen molar-refractivity contribution in [3.05, 3.63) is 35.9 Å². The third-order valence-corrected chi connectivity index (χ3v) is 5.54. The van der Waals surface area contributed by atoms with Gasteiger partial charge in [0.15, 0.2) is 0 Å². The molecule has 2 saturated heterocycles. The number of carbonyl (C=O) groups is 1. The predicted octanol–water partition coefficient (Wildman–Crippen LogP) is 2.44. The zero-order chi connectivity index (χ0) is 18.2. The fraction of sp³-hybridized carbons (Fsp3) is 0.667. The highest BCUT2D eigenvalue weighted by molar-refractivity contribution is 5.75. The minimum Gasteiger partial charge on any atom is -0.378 e. The second-order valence-corrected chi connectivity index (χ2v) is 7.60. The van der Waals surface area contributed by atoms with E-state index in [9.17, 15) is 4.79 Å². The lowest BCUT2D eigenvalue weighted by Crippen LogP contribution is -2.47. The van der Waals surface area contributed by atoms with Gasteiger partial charge in [-0.05, 0) is 38.3 Å². The van der Waals surface area contributed by atoms with Crippen LogP contribution >= 0.6 is 0 Å². The second-order valence-electron chi connectivity index (χ2n) is 7.60. The van der Waals surface area contributed by atoms with Gasteiger partial charge in [-0.1, -0.05) is 30.3 Å². The molecule has 0 radical (unpaired) electrons. The van der Waals surface area contributed by atoms with Crippen LogP contribution in [-0.2, 0) is 9.53 Å². The summed E-state index contributed by atoms with van der Waals surface area (Å²) < 4.78 is 5.58. The van der Waals surface area contributed by atoms with Crippen LogP contribution in [0, 0.1) is 0 Å². The molecule has 2 aliphatic rings. The lowest BCUT2D eigenvalue weighted by molar-refractivity contribution is -0.121. The number of benzene rings is 1. The summed E-state index contributed by atoms with van der Waals surface area (Å²) in [6.45, 7) is 5.91. The first-order valence-electron chi connectivity index (χ1n) is 10.1. The number of carbonyl (C=O) groups excluding carboxylic acids is 1. The van der Waals surface area contributed by atoms with E-state index in [0.29, 0.717) is 18.6 Å². The van der Waals surface area contributed by atoms with Crippen molar-refractivity contribution in [2.45, 2.75) is 44.2 Å². The van der Waals surface area contributed by atoms with Crippen LogP contribution in [0.25, 0.3) is 0 Å². The third kappa shape index (κ3) is 5.79. The van der Waals surface area contributed by atoms with Gasteiger partial charge in [-0.15, -0.1) is 0 Å². The van der Waals surface area contributed by atoms with Gasteiger partial charge in [0.1, 0.15) is 0 Å². The Morgan fingerprint density at radius 2 is 2.12 bits per heavy atom. The average Bonchev–Trinajstić information content (AvgIpc) is 3.19. The van der Waals surface area contributed by atoms with Crippen molar-refractivity contribution in [1.29, 1.82) is 0 Å². The maximum absolute atomic E-state index is 12.0. The molecular formula is C21H33N3O2. The van der Waals surface area contributed by atoms with Gasteiger partial charge in [-0.3, -0.25) is 9.69 Å².